The van der Waals surface area contributed by atoms with Gasteiger partial charge in [0.25, 0.3) is 0 Å². The van der Waals surface area contributed by atoms with E-state index in [-0.39, 0.29) is 11.6 Å². The van der Waals surface area contributed by atoms with E-state index in [2.05, 4.69) is 25.4 Å². The number of rotatable bonds is 6. The molecular formula is C21H23N7O3. The average molecular weight is 421 g/mol. The van der Waals surface area contributed by atoms with Gasteiger partial charge in [0.1, 0.15) is 17.2 Å². The van der Waals surface area contributed by atoms with Crippen molar-refractivity contribution in [3.05, 3.63) is 59.9 Å². The van der Waals surface area contributed by atoms with Gasteiger partial charge in [0.05, 0.1) is 20.3 Å². The molecule has 1 fully saturated rings. The third kappa shape index (κ3) is 4.64. The number of methoxy groups -OCH3 is 1. The number of ether oxygens (including phenoxy) is 2. The smallest absolute Gasteiger partial charge is 0.232 e. The maximum Gasteiger partial charge on any atom is 0.232 e. The first-order chi connectivity index (χ1) is 15.2. The van der Waals surface area contributed by atoms with Crippen molar-refractivity contribution in [2.75, 3.05) is 43.6 Å². The molecule has 0 spiro atoms. The van der Waals surface area contributed by atoms with Crippen LogP contribution in [-0.2, 0) is 4.74 Å². The molecule has 4 rings (SSSR count). The van der Waals surface area contributed by atoms with Crippen LogP contribution in [0.3, 0.4) is 0 Å². The van der Waals surface area contributed by atoms with Crippen LogP contribution in [0.15, 0.2) is 53.6 Å². The van der Waals surface area contributed by atoms with Crippen molar-refractivity contribution < 1.29 is 14.6 Å². The Morgan fingerprint density at radius 2 is 1.90 bits per heavy atom. The van der Waals surface area contributed by atoms with Crippen molar-refractivity contribution in [3.63, 3.8) is 0 Å². The summed E-state index contributed by atoms with van der Waals surface area (Å²) < 4.78 is 10.8. The first-order valence-corrected chi connectivity index (χ1v) is 9.74. The Hall–Kier alpha value is -3.92. The summed E-state index contributed by atoms with van der Waals surface area (Å²) in [6.45, 7) is 2.50. The maximum atomic E-state index is 9.80. The maximum absolute atomic E-state index is 9.80. The van der Waals surface area contributed by atoms with Gasteiger partial charge in [0.2, 0.25) is 11.9 Å². The van der Waals surface area contributed by atoms with E-state index in [0.29, 0.717) is 55.2 Å². The van der Waals surface area contributed by atoms with Crippen LogP contribution in [0.1, 0.15) is 11.4 Å². The molecule has 2 aromatic carbocycles. The second-order valence-electron chi connectivity index (χ2n) is 6.74. The van der Waals surface area contributed by atoms with E-state index in [9.17, 15) is 5.11 Å². The number of nitrogens with zero attached hydrogens (tertiary/aromatic N) is 5. The molecule has 0 radical (unpaired) electrons. The number of para-hydroxylation sites is 1. The SMILES string of the molecule is COc1cc(O)ccc1C(=NN)c1nc(Nc2ccccc2)nc(N2CCOCC2)n1. The van der Waals surface area contributed by atoms with Gasteiger partial charge in [0.15, 0.2) is 5.82 Å². The van der Waals surface area contributed by atoms with Gasteiger partial charge in [0, 0.05) is 30.4 Å². The molecule has 2 heterocycles. The number of hydrogen-bond donors (Lipinski definition) is 3. The predicted octanol–water partition coefficient (Wildman–Crippen LogP) is 1.88. The Bertz CT molecular complexity index is 1070. The molecule has 0 aliphatic carbocycles. The number of anilines is 3. The number of hydrazone groups is 1. The molecule has 0 unspecified atom stereocenters. The summed E-state index contributed by atoms with van der Waals surface area (Å²) >= 11 is 0. The quantitative estimate of drug-likeness (QED) is 0.310. The van der Waals surface area contributed by atoms with Gasteiger partial charge in [-0.15, -0.1) is 0 Å². The summed E-state index contributed by atoms with van der Waals surface area (Å²) in [6, 6.07) is 14.3. The minimum absolute atomic E-state index is 0.0630. The molecule has 0 amide bonds. The van der Waals surface area contributed by atoms with Crippen molar-refractivity contribution in [1.82, 2.24) is 15.0 Å². The van der Waals surface area contributed by atoms with Crippen LogP contribution in [0, 0.1) is 0 Å². The fraction of sp³-hybridized carbons (Fsp3) is 0.238. The lowest BCUT2D eigenvalue weighted by Gasteiger charge is -2.27. The lowest BCUT2D eigenvalue weighted by atomic mass is 10.1. The molecule has 1 aliphatic rings. The fourth-order valence-corrected chi connectivity index (χ4v) is 3.21. The summed E-state index contributed by atoms with van der Waals surface area (Å²) in [5, 5.41) is 16.9. The second-order valence-corrected chi connectivity index (χ2v) is 6.74. The number of nitrogens with one attached hydrogen (secondary N) is 1. The summed E-state index contributed by atoms with van der Waals surface area (Å²) in [6.07, 6.45) is 0. The summed E-state index contributed by atoms with van der Waals surface area (Å²) in [5.41, 5.74) is 1.69. The van der Waals surface area contributed by atoms with Gasteiger partial charge in [-0.25, -0.2) is 0 Å². The normalized spacial score (nSPS) is 14.4. The highest BCUT2D eigenvalue weighted by Crippen LogP contribution is 2.27. The lowest BCUT2D eigenvalue weighted by molar-refractivity contribution is 0.122. The van der Waals surface area contributed by atoms with Gasteiger partial charge in [-0.3, -0.25) is 0 Å². The van der Waals surface area contributed by atoms with Crippen molar-refractivity contribution in [1.29, 1.82) is 0 Å². The van der Waals surface area contributed by atoms with Crippen molar-refractivity contribution >= 4 is 23.3 Å². The molecule has 4 N–H and O–H groups in total. The van der Waals surface area contributed by atoms with Gasteiger partial charge in [-0.2, -0.15) is 20.1 Å². The highest BCUT2D eigenvalue weighted by molar-refractivity contribution is 6.12. The molecule has 10 heteroatoms. The number of nitrogens with two attached hydrogens (primary N) is 1. The van der Waals surface area contributed by atoms with E-state index in [4.69, 9.17) is 15.3 Å². The summed E-state index contributed by atoms with van der Waals surface area (Å²) in [5.74, 6) is 7.33. The largest absolute Gasteiger partial charge is 0.508 e. The van der Waals surface area contributed by atoms with Gasteiger partial charge in [-0.05, 0) is 24.3 Å². The first-order valence-electron chi connectivity index (χ1n) is 9.74. The molecule has 31 heavy (non-hydrogen) atoms. The number of aromatic nitrogens is 3. The van der Waals surface area contributed by atoms with Crippen LogP contribution < -0.4 is 20.8 Å². The number of hydrogen-bond acceptors (Lipinski definition) is 10. The number of benzene rings is 2. The zero-order valence-electron chi connectivity index (χ0n) is 17.0. The molecule has 3 aromatic rings. The third-order valence-corrected chi connectivity index (χ3v) is 4.73. The third-order valence-electron chi connectivity index (χ3n) is 4.73. The van der Waals surface area contributed by atoms with Crippen LogP contribution in [-0.4, -0.2) is 59.2 Å². The molecule has 0 atom stereocenters. The van der Waals surface area contributed by atoms with E-state index >= 15 is 0 Å². The Balaban J connectivity index is 1.78. The molecule has 0 saturated carbocycles. The van der Waals surface area contributed by atoms with Crippen LogP contribution in [0.25, 0.3) is 0 Å². The Morgan fingerprint density at radius 1 is 1.13 bits per heavy atom. The van der Waals surface area contributed by atoms with E-state index in [1.54, 1.807) is 6.07 Å². The van der Waals surface area contributed by atoms with E-state index in [0.717, 1.165) is 5.69 Å². The molecule has 10 nitrogen and oxygen atoms in total. The van der Waals surface area contributed by atoms with Crippen molar-refractivity contribution in [3.8, 4) is 11.5 Å². The van der Waals surface area contributed by atoms with E-state index < -0.39 is 0 Å². The van der Waals surface area contributed by atoms with E-state index in [1.807, 2.05) is 35.2 Å². The Labute approximate surface area is 179 Å². The van der Waals surface area contributed by atoms with Crippen LogP contribution in [0.4, 0.5) is 17.6 Å². The fourth-order valence-electron chi connectivity index (χ4n) is 3.21. The van der Waals surface area contributed by atoms with Crippen molar-refractivity contribution in [2.45, 2.75) is 0 Å². The molecule has 1 aromatic heterocycles. The van der Waals surface area contributed by atoms with Gasteiger partial charge < -0.3 is 30.6 Å². The molecule has 1 aliphatic heterocycles. The minimum atomic E-state index is 0.0630. The topological polar surface area (TPSA) is 131 Å². The number of phenols is 1. The minimum Gasteiger partial charge on any atom is -0.508 e. The Kier molecular flexibility index (Phi) is 6.08. The van der Waals surface area contributed by atoms with Crippen LogP contribution >= 0.6 is 0 Å². The Morgan fingerprint density at radius 3 is 2.61 bits per heavy atom. The summed E-state index contributed by atoms with van der Waals surface area (Å²) in [7, 11) is 1.50. The van der Waals surface area contributed by atoms with E-state index in [1.165, 1.54) is 19.2 Å². The first kappa shape index (κ1) is 20.4. The van der Waals surface area contributed by atoms with Crippen molar-refractivity contribution in [2.24, 2.45) is 10.9 Å². The number of morpholine rings is 1. The number of phenolic OH excluding ortho intramolecular Hbond substituents is 1. The zero-order valence-corrected chi connectivity index (χ0v) is 17.0. The van der Waals surface area contributed by atoms with Crippen LogP contribution in [0.5, 0.6) is 11.5 Å². The monoisotopic (exact) mass is 421 g/mol. The van der Waals surface area contributed by atoms with Gasteiger partial charge >= 0.3 is 0 Å². The molecule has 0 bridgehead atoms. The predicted molar refractivity (Wildman–Crippen MR) is 117 cm³/mol. The molecular weight excluding hydrogens is 398 g/mol. The molecule has 1 saturated heterocycles. The average Bonchev–Trinajstić information content (AvgIpc) is 2.81. The second kappa shape index (κ2) is 9.26. The zero-order chi connectivity index (χ0) is 21.6. The molecule has 160 valence electrons. The highest BCUT2D eigenvalue weighted by atomic mass is 16.5. The number of aromatic hydroxyl groups is 1. The summed E-state index contributed by atoms with van der Waals surface area (Å²) in [4.78, 5) is 15.8. The standard InChI is InChI=1S/C21H23N7O3/c1-30-17-13-15(29)7-8-16(17)18(27-22)19-24-20(23-14-5-3-2-4-6-14)26-21(25-19)28-9-11-31-12-10-28/h2-8,13,29H,9-12,22H2,1H3,(H,23,24,25,26). The van der Waals surface area contributed by atoms with Crippen LogP contribution in [0.2, 0.25) is 0 Å². The highest BCUT2D eigenvalue weighted by Gasteiger charge is 2.22. The lowest BCUT2D eigenvalue weighted by Crippen LogP contribution is -2.38. The van der Waals surface area contributed by atoms with Gasteiger partial charge in [-0.1, -0.05) is 18.2 Å².